The van der Waals surface area contributed by atoms with Crippen LogP contribution >= 0.6 is 23.2 Å². The third-order valence-electron chi connectivity index (χ3n) is 1.55. The third kappa shape index (κ3) is 13.5. The Morgan fingerprint density at radius 1 is 1.18 bits per heavy atom. The molecule has 0 aromatic heterocycles. The monoisotopic (exact) mass is 274 g/mol. The third-order valence-corrected chi connectivity index (χ3v) is 2.29. The van der Waals surface area contributed by atoms with Gasteiger partial charge in [0.1, 0.15) is 0 Å². The summed E-state index contributed by atoms with van der Waals surface area (Å²) >= 11 is 11.3. The molecule has 0 aliphatic heterocycles. The molecule has 0 atom stereocenters. The van der Waals surface area contributed by atoms with Gasteiger partial charge in [-0.2, -0.15) is 0 Å². The fourth-order valence-corrected chi connectivity index (χ4v) is 0.954. The van der Waals surface area contributed by atoms with E-state index >= 15 is 0 Å². The average molecular weight is 275 g/mol. The first-order valence-corrected chi connectivity index (χ1v) is 6.68. The number of halogens is 2. The van der Waals surface area contributed by atoms with E-state index in [4.69, 9.17) is 23.2 Å². The SMILES string of the molecule is C=CC(C)C.CCC.Cc1ccc(Cl)c(Cl)c1. The smallest absolute Gasteiger partial charge is 0.0594 e. The molecule has 0 N–H and O–H groups in total. The lowest BCUT2D eigenvalue weighted by Crippen LogP contribution is -1.71. The molecule has 2 heteroatoms. The Balaban J connectivity index is 0. The molecular weight excluding hydrogens is 251 g/mol. The van der Waals surface area contributed by atoms with Crippen molar-refractivity contribution in [1.82, 2.24) is 0 Å². The number of hydrogen-bond acceptors (Lipinski definition) is 0. The molecule has 0 radical (unpaired) electrons. The second kappa shape index (κ2) is 12.0. The van der Waals surface area contributed by atoms with Crippen molar-refractivity contribution in [1.29, 1.82) is 0 Å². The van der Waals surface area contributed by atoms with Gasteiger partial charge in [-0.25, -0.2) is 0 Å². The quantitative estimate of drug-likeness (QED) is 0.510. The molecule has 1 aromatic carbocycles. The molecule has 0 aliphatic carbocycles. The number of allylic oxidation sites excluding steroid dienone is 1. The molecule has 0 heterocycles. The standard InChI is InChI=1S/C7H6Cl2.C5H10.C3H8/c1-5-2-3-6(8)7(9)4-5;1-4-5(2)3;1-3-2/h2-4H,1H3;4-5H,1H2,2-3H3;3H2,1-2H3. The topological polar surface area (TPSA) is 0 Å². The van der Waals surface area contributed by atoms with Crippen LogP contribution in [0.2, 0.25) is 10.0 Å². The van der Waals surface area contributed by atoms with Crippen LogP contribution in [0.15, 0.2) is 30.9 Å². The molecule has 0 amide bonds. The van der Waals surface area contributed by atoms with E-state index in [1.54, 1.807) is 6.07 Å². The predicted molar refractivity (Wildman–Crippen MR) is 82.2 cm³/mol. The van der Waals surface area contributed by atoms with E-state index in [0.29, 0.717) is 16.0 Å². The number of aryl methyl sites for hydroxylation is 1. The molecule has 0 aliphatic rings. The first kappa shape index (κ1) is 18.9. The maximum atomic E-state index is 5.68. The summed E-state index contributed by atoms with van der Waals surface area (Å²) in [5, 5.41) is 1.24. The lowest BCUT2D eigenvalue weighted by Gasteiger charge is -1.94. The summed E-state index contributed by atoms with van der Waals surface area (Å²) in [5.41, 5.74) is 1.13. The minimum atomic E-state index is 0.613. The highest BCUT2D eigenvalue weighted by Crippen LogP contribution is 2.21. The van der Waals surface area contributed by atoms with Crippen molar-refractivity contribution in [3.8, 4) is 0 Å². The van der Waals surface area contributed by atoms with Crippen molar-refractivity contribution in [3.05, 3.63) is 46.5 Å². The van der Waals surface area contributed by atoms with Crippen LogP contribution < -0.4 is 0 Å². The lowest BCUT2D eigenvalue weighted by molar-refractivity contribution is 0.835. The summed E-state index contributed by atoms with van der Waals surface area (Å²) in [6.45, 7) is 14.0. The highest BCUT2D eigenvalue weighted by Gasteiger charge is 1.93. The van der Waals surface area contributed by atoms with E-state index in [0.717, 1.165) is 5.56 Å². The number of benzene rings is 1. The van der Waals surface area contributed by atoms with E-state index < -0.39 is 0 Å². The van der Waals surface area contributed by atoms with Gasteiger partial charge in [-0.1, -0.05) is 69.5 Å². The molecule has 1 rings (SSSR count). The number of hydrogen-bond donors (Lipinski definition) is 0. The molecule has 0 nitrogen and oxygen atoms in total. The Morgan fingerprint density at radius 2 is 1.59 bits per heavy atom. The second-order valence-corrected chi connectivity index (χ2v) is 4.92. The zero-order valence-electron chi connectivity index (χ0n) is 11.6. The van der Waals surface area contributed by atoms with Crippen LogP contribution in [-0.2, 0) is 0 Å². The highest BCUT2D eigenvalue weighted by atomic mass is 35.5. The second-order valence-electron chi connectivity index (χ2n) is 4.10. The van der Waals surface area contributed by atoms with Gasteiger partial charge in [-0.05, 0) is 30.5 Å². The Hall–Kier alpha value is -0.460. The molecule has 17 heavy (non-hydrogen) atoms. The highest BCUT2D eigenvalue weighted by molar-refractivity contribution is 6.41. The fraction of sp³-hybridized carbons (Fsp3) is 0.467. The van der Waals surface area contributed by atoms with Crippen molar-refractivity contribution in [2.45, 2.75) is 41.0 Å². The van der Waals surface area contributed by atoms with Gasteiger partial charge in [0.15, 0.2) is 0 Å². The summed E-state index contributed by atoms with van der Waals surface area (Å²) in [7, 11) is 0. The van der Waals surface area contributed by atoms with Crippen LogP contribution in [0.25, 0.3) is 0 Å². The fourth-order valence-electron chi connectivity index (χ4n) is 0.601. The maximum absolute atomic E-state index is 5.68. The van der Waals surface area contributed by atoms with Crippen LogP contribution in [0.3, 0.4) is 0 Å². The van der Waals surface area contributed by atoms with Gasteiger partial charge in [0.25, 0.3) is 0 Å². The van der Waals surface area contributed by atoms with Gasteiger partial charge in [-0.3, -0.25) is 0 Å². The first-order valence-electron chi connectivity index (χ1n) is 5.93. The average Bonchev–Trinajstić information content (AvgIpc) is 2.26. The minimum Gasteiger partial charge on any atom is -0.103 e. The van der Waals surface area contributed by atoms with E-state index in [-0.39, 0.29) is 0 Å². The zero-order chi connectivity index (χ0) is 13.8. The Labute approximate surface area is 117 Å². The molecule has 0 saturated carbocycles. The Kier molecular flexibility index (Phi) is 13.3. The summed E-state index contributed by atoms with van der Waals surface area (Å²) in [4.78, 5) is 0. The van der Waals surface area contributed by atoms with Gasteiger partial charge in [0.05, 0.1) is 10.0 Å². The van der Waals surface area contributed by atoms with Gasteiger partial charge in [-0.15, -0.1) is 6.58 Å². The van der Waals surface area contributed by atoms with Gasteiger partial charge in [0.2, 0.25) is 0 Å². The van der Waals surface area contributed by atoms with Crippen molar-refractivity contribution in [3.63, 3.8) is 0 Å². The van der Waals surface area contributed by atoms with Gasteiger partial charge < -0.3 is 0 Å². The van der Waals surface area contributed by atoms with Gasteiger partial charge in [0, 0.05) is 0 Å². The van der Waals surface area contributed by atoms with Crippen molar-refractivity contribution in [2.24, 2.45) is 5.92 Å². The number of rotatable bonds is 1. The van der Waals surface area contributed by atoms with E-state index in [1.165, 1.54) is 6.42 Å². The summed E-state index contributed by atoms with van der Waals surface area (Å²) in [6.07, 6.45) is 3.17. The first-order chi connectivity index (χ1) is 7.88. The van der Waals surface area contributed by atoms with Crippen molar-refractivity contribution in [2.75, 3.05) is 0 Å². The van der Waals surface area contributed by atoms with Crippen LogP contribution in [0.4, 0.5) is 0 Å². The molecule has 1 aromatic rings. The van der Waals surface area contributed by atoms with E-state index in [2.05, 4.69) is 34.3 Å². The summed E-state index contributed by atoms with van der Waals surface area (Å²) in [6, 6.07) is 5.55. The zero-order valence-corrected chi connectivity index (χ0v) is 13.1. The van der Waals surface area contributed by atoms with Crippen LogP contribution in [-0.4, -0.2) is 0 Å². The molecule has 0 saturated heterocycles. The molecule has 0 unspecified atom stereocenters. The molecule has 0 bridgehead atoms. The Morgan fingerprint density at radius 3 is 1.82 bits per heavy atom. The largest absolute Gasteiger partial charge is 0.103 e. The minimum absolute atomic E-state index is 0.613. The summed E-state index contributed by atoms with van der Waals surface area (Å²) in [5.74, 6) is 0.648. The maximum Gasteiger partial charge on any atom is 0.0594 e. The van der Waals surface area contributed by atoms with Gasteiger partial charge >= 0.3 is 0 Å². The van der Waals surface area contributed by atoms with E-state index in [9.17, 15) is 0 Å². The van der Waals surface area contributed by atoms with Crippen molar-refractivity contribution >= 4 is 23.2 Å². The molecular formula is C15H24Cl2. The van der Waals surface area contributed by atoms with Crippen LogP contribution in [0, 0.1) is 12.8 Å². The van der Waals surface area contributed by atoms with Crippen LogP contribution in [0.1, 0.15) is 39.7 Å². The molecule has 0 spiro atoms. The normalized spacial score (nSPS) is 8.71. The predicted octanol–water partition coefficient (Wildman–Crippen LogP) is 6.55. The summed E-state index contributed by atoms with van der Waals surface area (Å²) < 4.78 is 0. The van der Waals surface area contributed by atoms with Crippen molar-refractivity contribution < 1.29 is 0 Å². The van der Waals surface area contributed by atoms with Crippen LogP contribution in [0.5, 0.6) is 0 Å². The van der Waals surface area contributed by atoms with E-state index in [1.807, 2.05) is 25.1 Å². The molecule has 98 valence electrons. The lowest BCUT2D eigenvalue weighted by atomic mass is 10.2. The molecule has 0 fully saturated rings. The Bertz CT molecular complexity index is 304.